The number of para-hydroxylation sites is 1. The molecule has 0 unspecified atom stereocenters. The Morgan fingerprint density at radius 3 is 2.68 bits per heavy atom. The van der Waals surface area contributed by atoms with Gasteiger partial charge in [0, 0.05) is 75.2 Å². The first-order valence-corrected chi connectivity index (χ1v) is 11.4. The molecule has 0 aliphatic carbocycles. The first-order valence-electron chi connectivity index (χ1n) is 11.4. The average Bonchev–Trinajstić information content (AvgIpc) is 3.23. The van der Waals surface area contributed by atoms with Gasteiger partial charge in [-0.15, -0.1) is 0 Å². The number of ether oxygens (including phenoxy) is 1. The van der Waals surface area contributed by atoms with Crippen LogP contribution < -0.4 is 15.0 Å². The Bertz CT molecular complexity index is 1470. The number of aryl methyl sites for hydroxylation is 1. The Labute approximate surface area is 212 Å². The Morgan fingerprint density at radius 1 is 1.22 bits per heavy atom. The molecule has 2 heterocycles. The van der Waals surface area contributed by atoms with Gasteiger partial charge in [-0.3, -0.25) is 10.1 Å². The van der Waals surface area contributed by atoms with Crippen LogP contribution in [0, 0.1) is 10.1 Å². The van der Waals surface area contributed by atoms with Crippen molar-refractivity contribution in [2.75, 3.05) is 44.5 Å². The minimum absolute atomic E-state index is 0.167. The van der Waals surface area contributed by atoms with Crippen LogP contribution in [0.5, 0.6) is 5.75 Å². The van der Waals surface area contributed by atoms with Crippen molar-refractivity contribution < 1.29 is 19.6 Å². The number of nitrogens with zero attached hydrogens (tertiary/aromatic N) is 6. The number of hydrogen-bond acceptors (Lipinski definition) is 8. The summed E-state index contributed by atoms with van der Waals surface area (Å²) in [5.74, 6) is 0.598. The number of nitrogens with one attached hydrogen (secondary N) is 1. The molecule has 0 saturated heterocycles. The Morgan fingerprint density at radius 2 is 1.97 bits per heavy atom. The molecule has 0 aliphatic heterocycles. The number of hydrogen-bond donors (Lipinski definition) is 2. The van der Waals surface area contributed by atoms with Crippen LogP contribution >= 0.6 is 0 Å². The van der Waals surface area contributed by atoms with E-state index in [1.807, 2.05) is 42.1 Å². The monoisotopic (exact) mass is 505 g/mol. The summed E-state index contributed by atoms with van der Waals surface area (Å²) in [6.07, 6.45) is 2.54. The van der Waals surface area contributed by atoms with Gasteiger partial charge in [-0.05, 0) is 12.1 Å². The Kier molecular flexibility index (Phi) is 7.09. The number of carboxylic acid groups (broad SMARTS) is 1. The van der Waals surface area contributed by atoms with Crippen LogP contribution in [-0.2, 0) is 7.05 Å². The van der Waals surface area contributed by atoms with Crippen molar-refractivity contribution >= 4 is 40.0 Å². The number of carbonyl (C=O) groups is 1. The predicted molar refractivity (Wildman–Crippen MR) is 141 cm³/mol. The van der Waals surface area contributed by atoms with Gasteiger partial charge >= 0.3 is 6.09 Å². The van der Waals surface area contributed by atoms with E-state index in [0.29, 0.717) is 17.1 Å². The summed E-state index contributed by atoms with van der Waals surface area (Å²) in [6, 6.07) is 12.7. The van der Waals surface area contributed by atoms with Crippen molar-refractivity contribution in [1.82, 2.24) is 19.4 Å². The number of nitro benzene ring substituents is 1. The van der Waals surface area contributed by atoms with Crippen molar-refractivity contribution in [3.63, 3.8) is 0 Å². The number of anilines is 3. The summed E-state index contributed by atoms with van der Waals surface area (Å²) in [4.78, 5) is 34.2. The maximum Gasteiger partial charge on any atom is 0.407 e. The number of likely N-dealkylation sites (N-methyl/N-ethyl adjacent to an activating group) is 2. The summed E-state index contributed by atoms with van der Waals surface area (Å²) < 4.78 is 7.53. The lowest BCUT2D eigenvalue weighted by atomic mass is 10.1. The van der Waals surface area contributed by atoms with Crippen LogP contribution in [0.4, 0.5) is 27.8 Å². The van der Waals surface area contributed by atoms with Gasteiger partial charge in [-0.2, -0.15) is 0 Å². The van der Waals surface area contributed by atoms with Crippen LogP contribution in [0.1, 0.15) is 0 Å². The normalized spacial score (nSPS) is 10.8. The lowest BCUT2D eigenvalue weighted by molar-refractivity contribution is -0.384. The molecule has 2 aromatic carbocycles. The molecule has 0 bridgehead atoms. The fourth-order valence-corrected chi connectivity index (χ4v) is 4.03. The fraction of sp³-hybridized carbons (Fsp3) is 0.240. The molecule has 2 N–H and O–H groups in total. The van der Waals surface area contributed by atoms with Gasteiger partial charge in [0.1, 0.15) is 11.4 Å². The topological polar surface area (TPSA) is 139 Å². The maximum absolute atomic E-state index is 11.9. The SMILES string of the molecule is COc1cc(N(C)CCN(C)C(=O)O)c([N+](=O)[O-])cc1Nc1nccc(-c2cn(C)c3ccccc23)n1. The minimum atomic E-state index is -1.08. The predicted octanol–water partition coefficient (Wildman–Crippen LogP) is 4.34. The molecular formula is C25H27N7O5. The zero-order chi connectivity index (χ0) is 26.7. The van der Waals surface area contributed by atoms with Crippen LogP contribution in [0.15, 0.2) is 54.9 Å². The van der Waals surface area contributed by atoms with Crippen molar-refractivity contribution in [1.29, 1.82) is 0 Å². The van der Waals surface area contributed by atoms with Gasteiger partial charge in [0.2, 0.25) is 5.95 Å². The summed E-state index contributed by atoms with van der Waals surface area (Å²) in [6.45, 7) is 0.413. The Hall–Kier alpha value is -4.87. The number of rotatable bonds is 9. The van der Waals surface area contributed by atoms with Crippen molar-refractivity contribution in [3.8, 4) is 17.0 Å². The lowest BCUT2D eigenvalue weighted by Gasteiger charge is -2.23. The van der Waals surface area contributed by atoms with Crippen LogP contribution in [0.25, 0.3) is 22.2 Å². The molecule has 37 heavy (non-hydrogen) atoms. The largest absolute Gasteiger partial charge is 0.494 e. The lowest BCUT2D eigenvalue weighted by Crippen LogP contribution is -2.34. The van der Waals surface area contributed by atoms with E-state index in [0.717, 1.165) is 21.4 Å². The first-order chi connectivity index (χ1) is 17.7. The molecule has 12 nitrogen and oxygen atoms in total. The van der Waals surface area contributed by atoms with Gasteiger partial charge < -0.3 is 29.5 Å². The van der Waals surface area contributed by atoms with E-state index in [4.69, 9.17) is 9.84 Å². The quantitative estimate of drug-likeness (QED) is 0.251. The number of nitro groups is 1. The Balaban J connectivity index is 1.66. The van der Waals surface area contributed by atoms with Gasteiger partial charge in [0.25, 0.3) is 5.69 Å². The van der Waals surface area contributed by atoms with E-state index < -0.39 is 11.0 Å². The summed E-state index contributed by atoms with van der Waals surface area (Å²) in [5.41, 5.74) is 3.14. The van der Waals surface area contributed by atoms with Crippen molar-refractivity contribution in [2.24, 2.45) is 7.05 Å². The van der Waals surface area contributed by atoms with Gasteiger partial charge in [0.15, 0.2) is 0 Å². The van der Waals surface area contributed by atoms with Gasteiger partial charge in [-0.1, -0.05) is 18.2 Å². The second kappa shape index (κ2) is 10.4. The van der Waals surface area contributed by atoms with Gasteiger partial charge in [-0.25, -0.2) is 14.8 Å². The molecule has 0 fully saturated rings. The van der Waals surface area contributed by atoms with E-state index in [1.54, 1.807) is 24.2 Å². The smallest absolute Gasteiger partial charge is 0.407 e. The number of aromatic nitrogens is 3. The standard InChI is InChI=1S/C25H27N7O5/c1-29(11-12-30(2)25(33)34)21-14-23(37-4)19(13-22(21)32(35)36)28-24-26-10-9-18(27-24)17-15-31(3)20-8-6-5-7-16(17)20/h5-10,13-15H,11-12H2,1-4H3,(H,33,34)(H,26,27,28). The highest BCUT2D eigenvalue weighted by Gasteiger charge is 2.23. The zero-order valence-corrected chi connectivity index (χ0v) is 20.9. The second-order valence-corrected chi connectivity index (χ2v) is 8.49. The van der Waals surface area contributed by atoms with E-state index in [9.17, 15) is 14.9 Å². The molecule has 4 aromatic rings. The first kappa shape index (κ1) is 25.2. The van der Waals surface area contributed by atoms with Crippen molar-refractivity contribution in [3.05, 3.63) is 65.0 Å². The van der Waals surface area contributed by atoms with E-state index in [-0.39, 0.29) is 30.4 Å². The highest BCUT2D eigenvalue weighted by atomic mass is 16.6. The molecule has 0 saturated carbocycles. The van der Waals surface area contributed by atoms with Crippen molar-refractivity contribution in [2.45, 2.75) is 0 Å². The average molecular weight is 506 g/mol. The molecular weight excluding hydrogens is 478 g/mol. The number of fused-ring (bicyclic) bond motifs is 1. The molecule has 0 atom stereocenters. The fourth-order valence-electron chi connectivity index (χ4n) is 4.03. The number of methoxy groups -OCH3 is 1. The molecule has 0 spiro atoms. The molecule has 2 aromatic heterocycles. The number of benzene rings is 2. The third-order valence-electron chi connectivity index (χ3n) is 6.08. The highest BCUT2D eigenvalue weighted by Crippen LogP contribution is 2.39. The zero-order valence-electron chi connectivity index (χ0n) is 20.9. The molecule has 0 aliphatic rings. The van der Waals surface area contributed by atoms with Gasteiger partial charge in [0.05, 0.1) is 23.4 Å². The van der Waals surface area contributed by atoms with Crippen LogP contribution in [0.2, 0.25) is 0 Å². The molecule has 192 valence electrons. The summed E-state index contributed by atoms with van der Waals surface area (Å²) >= 11 is 0. The van der Waals surface area contributed by atoms with Crippen LogP contribution in [-0.4, -0.2) is 69.9 Å². The number of amides is 1. The molecule has 12 heteroatoms. The molecule has 4 rings (SSSR count). The van der Waals surface area contributed by atoms with E-state index in [1.165, 1.54) is 26.3 Å². The van der Waals surface area contributed by atoms with E-state index in [2.05, 4.69) is 15.3 Å². The summed E-state index contributed by atoms with van der Waals surface area (Å²) in [5, 5.41) is 25.1. The van der Waals surface area contributed by atoms with E-state index >= 15 is 0 Å². The third kappa shape index (κ3) is 5.22. The highest BCUT2D eigenvalue weighted by molar-refractivity contribution is 5.95. The second-order valence-electron chi connectivity index (χ2n) is 8.49. The molecule has 0 radical (unpaired) electrons. The van der Waals surface area contributed by atoms with Crippen LogP contribution in [0.3, 0.4) is 0 Å². The maximum atomic E-state index is 11.9. The minimum Gasteiger partial charge on any atom is -0.494 e. The summed E-state index contributed by atoms with van der Waals surface area (Å²) in [7, 11) is 6.52. The molecule has 1 amide bonds. The third-order valence-corrected chi connectivity index (χ3v) is 6.08.